The van der Waals surface area contributed by atoms with E-state index in [-0.39, 0.29) is 24.3 Å². The molecular formula is C21H25N3O5. The molecule has 1 aromatic carbocycles. The van der Waals surface area contributed by atoms with Crippen molar-refractivity contribution in [3.05, 3.63) is 29.3 Å². The number of likely N-dealkylation sites (N-methyl/N-ethyl adjacent to an activating group) is 1. The Balaban J connectivity index is 1.95. The number of benzene rings is 1. The van der Waals surface area contributed by atoms with E-state index in [1.165, 1.54) is 7.05 Å². The van der Waals surface area contributed by atoms with Crippen LogP contribution in [0, 0.1) is 5.92 Å². The number of hydrogen-bond acceptors (Lipinski definition) is 6. The smallest absolute Gasteiger partial charge is 0.264 e. The van der Waals surface area contributed by atoms with Gasteiger partial charge in [0.2, 0.25) is 5.91 Å². The summed E-state index contributed by atoms with van der Waals surface area (Å²) >= 11 is 0. The van der Waals surface area contributed by atoms with Crippen molar-refractivity contribution in [1.29, 1.82) is 0 Å². The highest BCUT2D eigenvalue weighted by atomic mass is 16.2. The van der Waals surface area contributed by atoms with Crippen molar-refractivity contribution in [1.82, 2.24) is 10.2 Å². The molecule has 29 heavy (non-hydrogen) atoms. The van der Waals surface area contributed by atoms with E-state index in [1.807, 2.05) is 4.90 Å². The number of anilines is 1. The topological polar surface area (TPSA) is 104 Å². The molecule has 0 saturated carbocycles. The molecule has 0 spiro atoms. The highest BCUT2D eigenvalue weighted by Crippen LogP contribution is 2.35. The SMILES string of the molecule is CNC(=O)C(CCC=O)N1C(=O)c2cccc(N3CCCC(C=O)CC3)c2C1=O. The standard InChI is InChI=1S/C21H25N3O5/c1-22-19(27)17(8-4-12-25)24-20(28)15-6-2-7-16(18(15)21(24)29)23-10-3-5-14(13-26)9-11-23/h2,6-7,12-14,17H,3-5,8-11H2,1H3,(H,22,27). The Morgan fingerprint density at radius 2 is 2.00 bits per heavy atom. The van der Waals surface area contributed by atoms with Crippen LogP contribution in [0.25, 0.3) is 0 Å². The van der Waals surface area contributed by atoms with Crippen LogP contribution < -0.4 is 10.2 Å². The first-order chi connectivity index (χ1) is 14.0. The van der Waals surface area contributed by atoms with Crippen LogP contribution in [0.3, 0.4) is 0 Å². The van der Waals surface area contributed by atoms with Gasteiger partial charge in [-0.25, -0.2) is 0 Å². The minimum atomic E-state index is -1.03. The number of carbonyl (C=O) groups is 5. The number of carbonyl (C=O) groups excluding carboxylic acids is 5. The zero-order valence-corrected chi connectivity index (χ0v) is 16.4. The molecule has 1 saturated heterocycles. The molecule has 2 aliphatic rings. The molecular weight excluding hydrogens is 374 g/mol. The zero-order valence-electron chi connectivity index (χ0n) is 16.4. The second-order valence-electron chi connectivity index (χ2n) is 7.37. The summed E-state index contributed by atoms with van der Waals surface area (Å²) in [4.78, 5) is 63.6. The van der Waals surface area contributed by atoms with Gasteiger partial charge in [0.1, 0.15) is 18.6 Å². The molecule has 2 aliphatic heterocycles. The average Bonchev–Trinajstić information content (AvgIpc) is 2.91. The summed E-state index contributed by atoms with van der Waals surface area (Å²) in [5.41, 5.74) is 1.21. The number of amides is 3. The van der Waals surface area contributed by atoms with Gasteiger partial charge >= 0.3 is 0 Å². The highest BCUT2D eigenvalue weighted by molar-refractivity contribution is 6.25. The van der Waals surface area contributed by atoms with Gasteiger partial charge in [-0.3, -0.25) is 19.3 Å². The normalized spacial score (nSPS) is 20.1. The lowest BCUT2D eigenvalue weighted by molar-refractivity contribution is -0.124. The zero-order chi connectivity index (χ0) is 21.0. The Hall–Kier alpha value is -3.03. The van der Waals surface area contributed by atoms with Crippen LogP contribution >= 0.6 is 0 Å². The van der Waals surface area contributed by atoms with Gasteiger partial charge in [0.05, 0.1) is 16.8 Å². The molecule has 2 heterocycles. The number of fused-ring (bicyclic) bond motifs is 1. The fraction of sp³-hybridized carbons (Fsp3) is 0.476. The third kappa shape index (κ3) is 3.92. The molecule has 8 nitrogen and oxygen atoms in total. The van der Waals surface area contributed by atoms with E-state index in [0.29, 0.717) is 37.0 Å². The van der Waals surface area contributed by atoms with E-state index in [9.17, 15) is 24.0 Å². The molecule has 2 atom stereocenters. The number of hydrogen-bond donors (Lipinski definition) is 1. The summed E-state index contributed by atoms with van der Waals surface area (Å²) in [6, 6.07) is 4.08. The van der Waals surface area contributed by atoms with Gasteiger partial charge < -0.3 is 19.8 Å². The molecule has 0 bridgehead atoms. The number of nitrogens with zero attached hydrogens (tertiary/aromatic N) is 2. The maximum absolute atomic E-state index is 13.3. The van der Waals surface area contributed by atoms with Crippen molar-refractivity contribution < 1.29 is 24.0 Å². The minimum Gasteiger partial charge on any atom is -0.371 e. The number of nitrogens with one attached hydrogen (secondary N) is 1. The summed E-state index contributed by atoms with van der Waals surface area (Å²) in [5.74, 6) is -1.51. The van der Waals surface area contributed by atoms with Crippen molar-refractivity contribution in [2.45, 2.75) is 38.1 Å². The fourth-order valence-corrected chi connectivity index (χ4v) is 4.10. The Morgan fingerprint density at radius 3 is 2.69 bits per heavy atom. The van der Waals surface area contributed by atoms with E-state index >= 15 is 0 Å². The van der Waals surface area contributed by atoms with E-state index in [4.69, 9.17) is 0 Å². The van der Waals surface area contributed by atoms with E-state index in [0.717, 1.165) is 24.0 Å². The maximum atomic E-state index is 13.3. The van der Waals surface area contributed by atoms with Crippen LogP contribution in [0.1, 0.15) is 52.8 Å². The van der Waals surface area contributed by atoms with Crippen LogP contribution in [-0.4, -0.2) is 61.4 Å². The van der Waals surface area contributed by atoms with E-state index in [2.05, 4.69) is 5.32 Å². The lowest BCUT2D eigenvalue weighted by Crippen LogP contribution is -2.48. The number of rotatable bonds is 7. The Kier molecular flexibility index (Phi) is 6.41. The predicted molar refractivity (Wildman–Crippen MR) is 106 cm³/mol. The summed E-state index contributed by atoms with van der Waals surface area (Å²) in [5, 5.41) is 2.47. The Labute approximate surface area is 169 Å². The molecule has 1 aromatic rings. The van der Waals surface area contributed by atoms with Gasteiger partial charge in [0.15, 0.2) is 0 Å². The molecule has 3 amide bonds. The second-order valence-corrected chi connectivity index (χ2v) is 7.37. The average molecular weight is 399 g/mol. The lowest BCUT2D eigenvalue weighted by Gasteiger charge is -2.26. The quantitative estimate of drug-likeness (QED) is 0.545. The van der Waals surface area contributed by atoms with Crippen LogP contribution in [0.5, 0.6) is 0 Å². The molecule has 0 aromatic heterocycles. The predicted octanol–water partition coefficient (Wildman–Crippen LogP) is 1.18. The van der Waals surface area contributed by atoms with Crippen molar-refractivity contribution in [2.75, 3.05) is 25.0 Å². The summed E-state index contributed by atoms with van der Waals surface area (Å²) in [6.45, 7) is 1.30. The summed E-state index contributed by atoms with van der Waals surface area (Å²) in [7, 11) is 1.43. The second kappa shape index (κ2) is 8.98. The largest absolute Gasteiger partial charge is 0.371 e. The van der Waals surface area contributed by atoms with Gasteiger partial charge in [-0.1, -0.05) is 6.07 Å². The third-order valence-corrected chi connectivity index (χ3v) is 5.65. The van der Waals surface area contributed by atoms with E-state index < -0.39 is 23.8 Å². The van der Waals surface area contributed by atoms with Crippen molar-refractivity contribution in [3.8, 4) is 0 Å². The van der Waals surface area contributed by atoms with Crippen LogP contribution in [0.2, 0.25) is 0 Å². The lowest BCUT2D eigenvalue weighted by atomic mass is 10.0. The first-order valence-electron chi connectivity index (χ1n) is 9.89. The molecule has 1 N–H and O–H groups in total. The number of imide groups is 1. The monoisotopic (exact) mass is 399 g/mol. The van der Waals surface area contributed by atoms with Crippen LogP contribution in [0.4, 0.5) is 5.69 Å². The molecule has 154 valence electrons. The maximum Gasteiger partial charge on any atom is 0.264 e. The first-order valence-corrected chi connectivity index (χ1v) is 9.89. The Morgan fingerprint density at radius 1 is 1.21 bits per heavy atom. The van der Waals surface area contributed by atoms with Gasteiger partial charge in [0, 0.05) is 32.5 Å². The summed E-state index contributed by atoms with van der Waals surface area (Å²) < 4.78 is 0. The molecule has 0 radical (unpaired) electrons. The van der Waals surface area contributed by atoms with Crippen molar-refractivity contribution in [2.24, 2.45) is 5.92 Å². The van der Waals surface area contributed by atoms with Crippen LogP contribution in [0.15, 0.2) is 18.2 Å². The first kappa shape index (κ1) is 20.7. The van der Waals surface area contributed by atoms with Gasteiger partial charge in [-0.05, 0) is 37.8 Å². The third-order valence-electron chi connectivity index (χ3n) is 5.65. The van der Waals surface area contributed by atoms with Gasteiger partial charge in [-0.2, -0.15) is 0 Å². The van der Waals surface area contributed by atoms with Crippen LogP contribution in [-0.2, 0) is 14.4 Å². The molecule has 3 rings (SSSR count). The Bertz CT molecular complexity index is 838. The van der Waals surface area contributed by atoms with Crippen molar-refractivity contribution in [3.63, 3.8) is 0 Å². The van der Waals surface area contributed by atoms with E-state index in [1.54, 1.807) is 18.2 Å². The van der Waals surface area contributed by atoms with Gasteiger partial charge in [0.25, 0.3) is 11.8 Å². The molecule has 2 unspecified atom stereocenters. The molecule has 0 aliphatic carbocycles. The van der Waals surface area contributed by atoms with Crippen molar-refractivity contribution >= 4 is 36.0 Å². The molecule has 1 fully saturated rings. The van der Waals surface area contributed by atoms with Gasteiger partial charge in [-0.15, -0.1) is 0 Å². The summed E-state index contributed by atoms with van der Waals surface area (Å²) in [6.07, 6.45) is 4.11. The fourth-order valence-electron chi connectivity index (χ4n) is 4.10. The minimum absolute atomic E-state index is 0.00608. The molecule has 8 heteroatoms. The highest BCUT2D eigenvalue weighted by Gasteiger charge is 2.44. The number of aldehydes is 2.